The SMILES string of the molecule is Cn1nc(-c2ccccc2)c(O)c(Sc2ccc([N+](=O)[O-])cc2)c1=O. The van der Waals surface area contributed by atoms with Crippen LogP contribution in [0, 0.1) is 10.1 Å². The van der Waals surface area contributed by atoms with Crippen molar-refractivity contribution in [3.8, 4) is 17.0 Å². The Bertz CT molecular complexity index is 985. The highest BCUT2D eigenvalue weighted by Crippen LogP contribution is 2.37. The van der Waals surface area contributed by atoms with Crippen LogP contribution in [-0.4, -0.2) is 19.8 Å². The van der Waals surface area contributed by atoms with E-state index in [9.17, 15) is 20.0 Å². The first-order valence-electron chi connectivity index (χ1n) is 7.25. The lowest BCUT2D eigenvalue weighted by Gasteiger charge is -2.10. The van der Waals surface area contributed by atoms with E-state index in [0.717, 1.165) is 16.4 Å². The first-order valence-corrected chi connectivity index (χ1v) is 8.07. The molecular weight excluding hydrogens is 342 g/mol. The molecule has 3 rings (SSSR count). The maximum Gasteiger partial charge on any atom is 0.284 e. The molecule has 0 fully saturated rings. The normalized spacial score (nSPS) is 10.6. The van der Waals surface area contributed by atoms with Gasteiger partial charge in [-0.1, -0.05) is 42.1 Å². The molecule has 0 aliphatic carbocycles. The molecular formula is C17H13N3O4S. The zero-order chi connectivity index (χ0) is 18.0. The van der Waals surface area contributed by atoms with E-state index < -0.39 is 10.5 Å². The van der Waals surface area contributed by atoms with Gasteiger partial charge < -0.3 is 5.11 Å². The third kappa shape index (κ3) is 3.38. The Balaban J connectivity index is 2.05. The molecule has 2 aromatic carbocycles. The van der Waals surface area contributed by atoms with Crippen molar-refractivity contribution in [1.29, 1.82) is 0 Å². The van der Waals surface area contributed by atoms with Crippen LogP contribution >= 0.6 is 11.8 Å². The molecule has 7 nitrogen and oxygen atoms in total. The maximum absolute atomic E-state index is 12.4. The van der Waals surface area contributed by atoms with E-state index in [1.165, 1.54) is 31.3 Å². The second kappa shape index (κ2) is 6.78. The molecule has 3 aromatic rings. The number of hydrogen-bond donors (Lipinski definition) is 1. The number of nitro groups is 1. The lowest BCUT2D eigenvalue weighted by Crippen LogP contribution is -2.21. The number of aromatic hydroxyl groups is 1. The van der Waals surface area contributed by atoms with E-state index in [1.807, 2.05) is 18.2 Å². The maximum atomic E-state index is 12.4. The van der Waals surface area contributed by atoms with Crippen molar-refractivity contribution in [1.82, 2.24) is 9.78 Å². The average molecular weight is 355 g/mol. The van der Waals surface area contributed by atoms with Crippen molar-refractivity contribution in [3.63, 3.8) is 0 Å². The Morgan fingerprint density at radius 3 is 2.36 bits per heavy atom. The minimum absolute atomic E-state index is 0.0406. The summed E-state index contributed by atoms with van der Waals surface area (Å²) in [6.45, 7) is 0. The summed E-state index contributed by atoms with van der Waals surface area (Å²) >= 11 is 1.04. The monoisotopic (exact) mass is 355 g/mol. The Hall–Kier alpha value is -3.13. The van der Waals surface area contributed by atoms with Crippen molar-refractivity contribution in [2.24, 2.45) is 7.05 Å². The molecule has 0 atom stereocenters. The van der Waals surface area contributed by atoms with Gasteiger partial charge in [0, 0.05) is 29.6 Å². The van der Waals surface area contributed by atoms with Gasteiger partial charge in [-0.2, -0.15) is 5.10 Å². The zero-order valence-electron chi connectivity index (χ0n) is 13.1. The van der Waals surface area contributed by atoms with Crippen LogP contribution in [0.15, 0.2) is 69.2 Å². The minimum atomic E-state index is -0.495. The molecule has 0 aliphatic rings. The Morgan fingerprint density at radius 1 is 1.12 bits per heavy atom. The summed E-state index contributed by atoms with van der Waals surface area (Å²) in [4.78, 5) is 23.3. The summed E-state index contributed by atoms with van der Waals surface area (Å²) in [5.74, 6) is -0.211. The summed E-state index contributed by atoms with van der Waals surface area (Å²) < 4.78 is 1.16. The van der Waals surface area contributed by atoms with Gasteiger partial charge in [-0.15, -0.1) is 0 Å². The third-order valence-corrected chi connectivity index (χ3v) is 4.57. The third-order valence-electron chi connectivity index (χ3n) is 3.49. The lowest BCUT2D eigenvalue weighted by molar-refractivity contribution is -0.384. The summed E-state index contributed by atoms with van der Waals surface area (Å²) in [6.07, 6.45) is 0. The van der Waals surface area contributed by atoms with E-state index >= 15 is 0 Å². The molecule has 1 heterocycles. The first-order chi connectivity index (χ1) is 12.0. The predicted molar refractivity (Wildman–Crippen MR) is 93.8 cm³/mol. The van der Waals surface area contributed by atoms with E-state index in [1.54, 1.807) is 12.1 Å². The minimum Gasteiger partial charge on any atom is -0.504 e. The standard InChI is InChI=1S/C17H13N3O4S/c1-19-17(22)16(25-13-9-7-12(8-10-13)20(23)24)15(21)14(18-19)11-5-3-2-4-6-11/h2-10,21H,1H3. The van der Waals surface area contributed by atoms with Crippen LogP contribution in [0.1, 0.15) is 0 Å². The van der Waals surface area contributed by atoms with Crippen LogP contribution < -0.4 is 5.56 Å². The smallest absolute Gasteiger partial charge is 0.284 e. The van der Waals surface area contributed by atoms with Crippen LogP contribution in [-0.2, 0) is 7.05 Å². The summed E-state index contributed by atoms with van der Waals surface area (Å²) in [5.41, 5.74) is 0.495. The van der Waals surface area contributed by atoms with Crippen LogP contribution in [0.4, 0.5) is 5.69 Å². The number of rotatable bonds is 4. The second-order valence-electron chi connectivity index (χ2n) is 5.17. The van der Waals surface area contributed by atoms with E-state index in [-0.39, 0.29) is 16.3 Å². The Kier molecular flexibility index (Phi) is 4.53. The molecule has 8 heteroatoms. The van der Waals surface area contributed by atoms with E-state index in [2.05, 4.69) is 5.10 Å². The van der Waals surface area contributed by atoms with Gasteiger partial charge in [-0.3, -0.25) is 14.9 Å². The summed E-state index contributed by atoms with van der Waals surface area (Å²) in [5, 5.41) is 25.4. The molecule has 25 heavy (non-hydrogen) atoms. The highest BCUT2D eigenvalue weighted by atomic mass is 32.2. The number of nitrogens with zero attached hydrogens (tertiary/aromatic N) is 3. The highest BCUT2D eigenvalue weighted by molar-refractivity contribution is 7.99. The number of hydrogen-bond acceptors (Lipinski definition) is 6. The summed E-state index contributed by atoms with van der Waals surface area (Å²) in [6, 6.07) is 14.8. The molecule has 1 N–H and O–H groups in total. The van der Waals surface area contributed by atoms with Crippen LogP contribution in [0.3, 0.4) is 0 Å². The van der Waals surface area contributed by atoms with Gasteiger partial charge in [-0.05, 0) is 12.1 Å². The lowest BCUT2D eigenvalue weighted by atomic mass is 10.1. The van der Waals surface area contributed by atoms with Crippen molar-refractivity contribution < 1.29 is 10.0 Å². The molecule has 1 aromatic heterocycles. The summed E-state index contributed by atoms with van der Waals surface area (Å²) in [7, 11) is 1.51. The van der Waals surface area contributed by atoms with E-state index in [4.69, 9.17) is 0 Å². The first kappa shape index (κ1) is 16.7. The van der Waals surface area contributed by atoms with Gasteiger partial charge in [0.15, 0.2) is 5.75 Å². The largest absolute Gasteiger partial charge is 0.504 e. The number of nitro benzene ring substituents is 1. The van der Waals surface area contributed by atoms with Gasteiger partial charge in [0.2, 0.25) is 0 Å². The molecule has 0 bridgehead atoms. The molecule has 0 unspecified atom stereocenters. The zero-order valence-corrected chi connectivity index (χ0v) is 13.9. The number of aromatic nitrogens is 2. The molecule has 0 saturated heterocycles. The average Bonchev–Trinajstić information content (AvgIpc) is 2.63. The van der Waals surface area contributed by atoms with Gasteiger partial charge in [-0.25, -0.2) is 4.68 Å². The Morgan fingerprint density at radius 2 is 1.76 bits per heavy atom. The molecule has 0 saturated carbocycles. The molecule has 0 amide bonds. The fraction of sp³-hybridized carbons (Fsp3) is 0.0588. The number of benzene rings is 2. The topological polar surface area (TPSA) is 98.3 Å². The van der Waals surface area contributed by atoms with Gasteiger partial charge in [0.1, 0.15) is 10.6 Å². The van der Waals surface area contributed by atoms with Gasteiger partial charge in [0.25, 0.3) is 11.2 Å². The highest BCUT2D eigenvalue weighted by Gasteiger charge is 2.18. The molecule has 0 spiro atoms. The number of non-ortho nitro benzene ring substituents is 1. The van der Waals surface area contributed by atoms with Crippen LogP contribution in [0.5, 0.6) is 5.75 Å². The van der Waals surface area contributed by atoms with Crippen LogP contribution in [0.2, 0.25) is 0 Å². The molecule has 126 valence electrons. The van der Waals surface area contributed by atoms with Crippen molar-refractivity contribution >= 4 is 17.4 Å². The molecule has 0 radical (unpaired) electrons. The van der Waals surface area contributed by atoms with Crippen molar-refractivity contribution in [2.75, 3.05) is 0 Å². The van der Waals surface area contributed by atoms with E-state index in [0.29, 0.717) is 16.2 Å². The fourth-order valence-corrected chi connectivity index (χ4v) is 3.16. The van der Waals surface area contributed by atoms with Crippen molar-refractivity contribution in [2.45, 2.75) is 9.79 Å². The number of aryl methyl sites for hydroxylation is 1. The molecule has 0 aliphatic heterocycles. The fourth-order valence-electron chi connectivity index (χ4n) is 2.23. The van der Waals surface area contributed by atoms with Gasteiger partial charge >= 0.3 is 0 Å². The van der Waals surface area contributed by atoms with Gasteiger partial charge in [0.05, 0.1) is 4.92 Å². The van der Waals surface area contributed by atoms with Crippen molar-refractivity contribution in [3.05, 3.63) is 75.1 Å². The second-order valence-corrected chi connectivity index (χ2v) is 6.26. The predicted octanol–water partition coefficient (Wildman–Crippen LogP) is 3.21. The quantitative estimate of drug-likeness (QED) is 0.570. The van der Waals surface area contributed by atoms with Crippen LogP contribution in [0.25, 0.3) is 11.3 Å². The Labute approximate surface area is 146 Å².